The Labute approximate surface area is 171 Å². The van der Waals surface area contributed by atoms with E-state index in [0.29, 0.717) is 6.42 Å². The molecule has 0 unspecified atom stereocenters. The first-order valence-electron chi connectivity index (χ1n) is 9.78. The smallest absolute Gasteiger partial charge is 0.362 e. The van der Waals surface area contributed by atoms with Crippen molar-refractivity contribution in [2.45, 2.75) is 58.4 Å². The molecule has 0 bridgehead atoms. The average molecular weight is 427 g/mol. The monoisotopic (exact) mass is 427 g/mol. The number of hydrazone groups is 1. The van der Waals surface area contributed by atoms with Crippen LogP contribution in [0.15, 0.2) is 29.4 Å². The summed E-state index contributed by atoms with van der Waals surface area (Å²) in [5, 5.41) is 25.8. The Morgan fingerprint density at radius 2 is 2.07 bits per heavy atom. The van der Waals surface area contributed by atoms with Gasteiger partial charge in [-0.25, -0.2) is 0 Å². The van der Waals surface area contributed by atoms with Crippen molar-refractivity contribution in [1.82, 2.24) is 5.01 Å². The number of nitro benzene ring substituents is 1. The predicted molar refractivity (Wildman–Crippen MR) is 103 cm³/mol. The average Bonchev–Trinajstić information content (AvgIpc) is 3.00. The Hall–Kier alpha value is -2.49. The summed E-state index contributed by atoms with van der Waals surface area (Å²) < 4.78 is 42.4. The second-order valence-corrected chi connectivity index (χ2v) is 8.61. The molecule has 0 aromatic heterocycles. The molecule has 1 N–H and O–H groups in total. The Bertz CT molecular complexity index is 900. The van der Waals surface area contributed by atoms with Gasteiger partial charge in [-0.15, -0.1) is 0 Å². The minimum atomic E-state index is -5.16. The maximum absolute atomic E-state index is 14.1. The lowest BCUT2D eigenvalue weighted by atomic mass is 9.64. The number of fused-ring (bicyclic) bond motifs is 1. The molecule has 0 saturated heterocycles. The Balaban J connectivity index is 2.02. The fourth-order valence-electron chi connectivity index (χ4n) is 4.29. The number of carbonyl (C=O) groups excluding carboxylic acids is 1. The lowest BCUT2D eigenvalue weighted by molar-refractivity contribution is -0.384. The third-order valence-corrected chi connectivity index (χ3v) is 6.64. The van der Waals surface area contributed by atoms with Gasteiger partial charge in [0.25, 0.3) is 17.3 Å². The molecule has 1 aromatic rings. The SMILES string of the molecule is CCC(C)(C)[C@@H]1CCC2=NN(C(=O)c3cccc([N+](=O)[O-])c3)[C@@](O)(C(F)(F)F)[C@@H]2C1. The van der Waals surface area contributed by atoms with Crippen LogP contribution in [0.1, 0.15) is 56.8 Å². The first-order chi connectivity index (χ1) is 13.8. The number of halogens is 3. The molecular formula is C20H24F3N3O4. The van der Waals surface area contributed by atoms with Gasteiger partial charge in [0.2, 0.25) is 0 Å². The second kappa shape index (κ2) is 7.33. The maximum Gasteiger partial charge on any atom is 0.439 e. The van der Waals surface area contributed by atoms with Gasteiger partial charge in [-0.2, -0.15) is 23.3 Å². The molecule has 1 saturated carbocycles. The van der Waals surface area contributed by atoms with Crippen LogP contribution in [-0.4, -0.2) is 38.6 Å². The lowest BCUT2D eigenvalue weighted by Gasteiger charge is -2.43. The molecule has 3 atom stereocenters. The standard InChI is InChI=1S/C20H24F3N3O4/c1-4-18(2,3)13-8-9-16-15(11-13)19(28,20(21,22)23)25(24-16)17(27)12-6-5-7-14(10-12)26(29)30/h5-7,10,13,15,28H,4,8-9,11H2,1-3H3/t13-,15-,19+/m1/s1. The number of amides is 1. The van der Waals surface area contributed by atoms with Crippen LogP contribution >= 0.6 is 0 Å². The highest BCUT2D eigenvalue weighted by atomic mass is 19.4. The number of alkyl halides is 3. The summed E-state index contributed by atoms with van der Waals surface area (Å²) in [6, 6.07) is 4.37. The van der Waals surface area contributed by atoms with Crippen LogP contribution in [-0.2, 0) is 0 Å². The molecule has 2 aliphatic rings. The number of rotatable bonds is 4. The van der Waals surface area contributed by atoms with Gasteiger partial charge in [-0.1, -0.05) is 33.3 Å². The second-order valence-electron chi connectivity index (χ2n) is 8.61. The van der Waals surface area contributed by atoms with E-state index in [9.17, 15) is 33.2 Å². The molecule has 10 heteroatoms. The van der Waals surface area contributed by atoms with Gasteiger partial charge in [-0.3, -0.25) is 14.9 Å². The van der Waals surface area contributed by atoms with Gasteiger partial charge >= 0.3 is 6.18 Å². The third kappa shape index (κ3) is 3.46. The van der Waals surface area contributed by atoms with Gasteiger partial charge in [0, 0.05) is 23.4 Å². The molecular weight excluding hydrogens is 403 g/mol. The highest BCUT2D eigenvalue weighted by Gasteiger charge is 2.69. The summed E-state index contributed by atoms with van der Waals surface area (Å²) in [7, 11) is 0. The molecule has 1 fully saturated rings. The van der Waals surface area contributed by atoms with Crippen LogP contribution in [0.2, 0.25) is 0 Å². The number of non-ortho nitro benzene ring substituents is 1. The van der Waals surface area contributed by atoms with Gasteiger partial charge < -0.3 is 5.11 Å². The summed E-state index contributed by atoms with van der Waals surface area (Å²) in [5.41, 5.74) is -4.37. The van der Waals surface area contributed by atoms with E-state index in [0.717, 1.165) is 24.6 Å². The predicted octanol–water partition coefficient (Wildman–Crippen LogP) is 4.51. The van der Waals surface area contributed by atoms with Crippen molar-refractivity contribution < 1.29 is 28.0 Å². The molecule has 1 aromatic carbocycles. The van der Waals surface area contributed by atoms with Gasteiger partial charge in [0.1, 0.15) is 0 Å². The van der Waals surface area contributed by atoms with Crippen molar-refractivity contribution >= 4 is 17.3 Å². The first-order valence-corrected chi connectivity index (χ1v) is 9.78. The summed E-state index contributed by atoms with van der Waals surface area (Å²) in [6.07, 6.45) is -3.48. The van der Waals surface area contributed by atoms with Gasteiger partial charge in [0.15, 0.2) is 0 Å². The Morgan fingerprint density at radius 1 is 1.40 bits per heavy atom. The maximum atomic E-state index is 14.1. The van der Waals surface area contributed by atoms with Crippen LogP contribution < -0.4 is 0 Å². The highest BCUT2D eigenvalue weighted by molar-refractivity contribution is 5.99. The number of hydrogen-bond donors (Lipinski definition) is 1. The Morgan fingerprint density at radius 3 is 2.63 bits per heavy atom. The number of hydrogen-bond acceptors (Lipinski definition) is 5. The molecule has 1 amide bonds. The molecule has 1 aliphatic carbocycles. The number of aliphatic hydroxyl groups is 1. The van der Waals surface area contributed by atoms with Crippen LogP contribution in [0.5, 0.6) is 0 Å². The normalized spacial score (nSPS) is 26.9. The Kier molecular flexibility index (Phi) is 5.43. The van der Waals surface area contributed by atoms with Crippen LogP contribution in [0, 0.1) is 27.4 Å². The van der Waals surface area contributed by atoms with E-state index < -0.39 is 34.3 Å². The quantitative estimate of drug-likeness (QED) is 0.565. The van der Waals surface area contributed by atoms with Crippen molar-refractivity contribution in [3.8, 4) is 0 Å². The summed E-state index contributed by atoms with van der Waals surface area (Å²) in [6.45, 7) is 5.92. The fourth-order valence-corrected chi connectivity index (χ4v) is 4.29. The lowest BCUT2D eigenvalue weighted by Crippen LogP contribution is -2.62. The van der Waals surface area contributed by atoms with Crippen molar-refractivity contribution in [3.63, 3.8) is 0 Å². The van der Waals surface area contributed by atoms with Crippen LogP contribution in [0.3, 0.4) is 0 Å². The largest absolute Gasteiger partial charge is 0.439 e. The van der Waals surface area contributed by atoms with Crippen LogP contribution in [0.4, 0.5) is 18.9 Å². The third-order valence-electron chi connectivity index (χ3n) is 6.64. The molecule has 1 aliphatic heterocycles. The number of nitro groups is 1. The van der Waals surface area contributed by atoms with E-state index in [1.54, 1.807) is 0 Å². The zero-order valence-corrected chi connectivity index (χ0v) is 16.9. The molecule has 7 nitrogen and oxygen atoms in total. The zero-order valence-electron chi connectivity index (χ0n) is 16.9. The molecule has 164 valence electrons. The minimum Gasteiger partial charge on any atom is -0.362 e. The highest BCUT2D eigenvalue weighted by Crippen LogP contribution is 2.52. The molecule has 0 spiro atoms. The van der Waals surface area contributed by atoms with E-state index in [1.807, 2.05) is 20.8 Å². The molecule has 3 rings (SSSR count). The number of nitrogens with zero attached hydrogens (tertiary/aromatic N) is 3. The van der Waals surface area contributed by atoms with Crippen molar-refractivity contribution in [2.24, 2.45) is 22.4 Å². The van der Waals surface area contributed by atoms with E-state index >= 15 is 0 Å². The first kappa shape index (κ1) is 22.2. The van der Waals surface area contributed by atoms with E-state index in [1.165, 1.54) is 6.07 Å². The van der Waals surface area contributed by atoms with Gasteiger partial charge in [-0.05, 0) is 36.7 Å². The van der Waals surface area contributed by atoms with E-state index in [-0.39, 0.29) is 40.5 Å². The van der Waals surface area contributed by atoms with E-state index in [2.05, 4.69) is 5.10 Å². The van der Waals surface area contributed by atoms with E-state index in [4.69, 9.17) is 0 Å². The molecule has 30 heavy (non-hydrogen) atoms. The summed E-state index contributed by atoms with van der Waals surface area (Å²) >= 11 is 0. The zero-order chi connectivity index (χ0) is 22.5. The fraction of sp³-hybridized carbons (Fsp3) is 0.600. The summed E-state index contributed by atoms with van der Waals surface area (Å²) in [4.78, 5) is 23.1. The number of benzene rings is 1. The van der Waals surface area contributed by atoms with Gasteiger partial charge in [0.05, 0.1) is 10.8 Å². The van der Waals surface area contributed by atoms with Crippen molar-refractivity contribution in [1.29, 1.82) is 0 Å². The van der Waals surface area contributed by atoms with Crippen LogP contribution in [0.25, 0.3) is 0 Å². The molecule has 1 heterocycles. The summed E-state index contributed by atoms with van der Waals surface area (Å²) in [5.74, 6) is -2.68. The topological polar surface area (TPSA) is 96.0 Å². The molecule has 0 radical (unpaired) electrons. The van der Waals surface area contributed by atoms with Crippen molar-refractivity contribution in [3.05, 3.63) is 39.9 Å². The number of carbonyl (C=O) groups is 1. The van der Waals surface area contributed by atoms with Crippen molar-refractivity contribution in [2.75, 3.05) is 0 Å². The minimum absolute atomic E-state index is 0.0500.